The zero-order chi connectivity index (χ0) is 14.1. The minimum atomic E-state index is -0.763. The van der Waals surface area contributed by atoms with E-state index >= 15 is 0 Å². The molecule has 20 heavy (non-hydrogen) atoms. The topological polar surface area (TPSA) is 75.1 Å². The lowest BCUT2D eigenvalue weighted by molar-refractivity contribution is -0.138. The Labute approximate surface area is 124 Å². The van der Waals surface area contributed by atoms with Crippen LogP contribution in [0.2, 0.25) is 0 Å². The molecule has 5 nitrogen and oxygen atoms in total. The maximum atomic E-state index is 10.8. The van der Waals surface area contributed by atoms with Crippen LogP contribution in [0.3, 0.4) is 0 Å². The van der Waals surface area contributed by atoms with Crippen molar-refractivity contribution in [2.24, 2.45) is 5.92 Å². The zero-order valence-corrected chi connectivity index (χ0v) is 12.0. The minimum Gasteiger partial charge on any atom is -0.481 e. The van der Waals surface area contributed by atoms with Crippen molar-refractivity contribution in [1.82, 2.24) is 10.2 Å². The highest BCUT2D eigenvalue weighted by molar-refractivity contribution is 9.10. The number of carboxylic acid groups (broad SMARTS) is 1. The van der Waals surface area contributed by atoms with Crippen molar-refractivity contribution >= 4 is 27.7 Å². The Kier molecular flexibility index (Phi) is 3.40. The van der Waals surface area contributed by atoms with Crippen molar-refractivity contribution < 1.29 is 9.90 Å². The van der Waals surface area contributed by atoms with E-state index in [4.69, 9.17) is 5.11 Å². The van der Waals surface area contributed by atoms with Crippen LogP contribution in [0.4, 0.5) is 5.82 Å². The number of halogens is 1. The quantitative estimate of drug-likeness (QED) is 0.899. The highest BCUT2D eigenvalue weighted by Gasteiger charge is 2.43. The summed E-state index contributed by atoms with van der Waals surface area (Å²) in [5.41, 5.74) is 1.76. The summed E-state index contributed by atoms with van der Waals surface area (Å²) in [5.74, 6) is -0.458. The Hall–Kier alpha value is -1.95. The lowest BCUT2D eigenvalue weighted by atomic mass is 10.1. The molecule has 0 radical (unpaired) electrons. The van der Waals surface area contributed by atoms with Gasteiger partial charge in [-0.3, -0.25) is 4.79 Å². The molecule has 1 aliphatic rings. The summed E-state index contributed by atoms with van der Waals surface area (Å²) >= 11 is 3.42. The molecule has 1 saturated carbocycles. The van der Waals surface area contributed by atoms with Crippen LogP contribution in [-0.4, -0.2) is 27.3 Å². The van der Waals surface area contributed by atoms with Gasteiger partial charge in [0.05, 0.1) is 11.6 Å². The van der Waals surface area contributed by atoms with Gasteiger partial charge in [0.15, 0.2) is 0 Å². The Morgan fingerprint density at radius 2 is 2.15 bits per heavy atom. The van der Waals surface area contributed by atoms with Gasteiger partial charge in [0.2, 0.25) is 0 Å². The number of nitrogens with zero attached hydrogens (tertiary/aromatic N) is 2. The summed E-state index contributed by atoms with van der Waals surface area (Å²) in [7, 11) is 0. The fourth-order valence-corrected chi connectivity index (χ4v) is 2.43. The second-order valence-electron chi connectivity index (χ2n) is 4.75. The van der Waals surface area contributed by atoms with Crippen molar-refractivity contribution in [1.29, 1.82) is 0 Å². The number of carboxylic acids is 1. The van der Waals surface area contributed by atoms with E-state index in [1.54, 1.807) is 0 Å². The molecule has 1 fully saturated rings. The van der Waals surface area contributed by atoms with Crippen LogP contribution < -0.4 is 5.32 Å². The van der Waals surface area contributed by atoms with Crippen LogP contribution in [0.25, 0.3) is 11.3 Å². The average Bonchev–Trinajstić information content (AvgIpc) is 3.19. The average molecular weight is 334 g/mol. The molecule has 1 heterocycles. The summed E-state index contributed by atoms with van der Waals surface area (Å²) in [5, 5.41) is 20.2. The maximum absolute atomic E-state index is 10.8. The van der Waals surface area contributed by atoms with E-state index in [2.05, 4.69) is 31.4 Å². The van der Waals surface area contributed by atoms with E-state index in [1.807, 2.05) is 36.4 Å². The fraction of sp³-hybridized carbons (Fsp3) is 0.214. The van der Waals surface area contributed by atoms with Gasteiger partial charge in [0.1, 0.15) is 5.82 Å². The molecule has 3 rings (SSSR count). The van der Waals surface area contributed by atoms with Gasteiger partial charge in [-0.15, -0.1) is 10.2 Å². The van der Waals surface area contributed by atoms with Gasteiger partial charge < -0.3 is 10.4 Å². The number of anilines is 1. The van der Waals surface area contributed by atoms with E-state index in [9.17, 15) is 4.79 Å². The number of rotatable bonds is 4. The number of benzene rings is 1. The number of aliphatic carboxylic acids is 1. The lowest BCUT2D eigenvalue weighted by Crippen LogP contribution is -2.11. The molecule has 0 saturated heterocycles. The molecule has 102 valence electrons. The van der Waals surface area contributed by atoms with E-state index in [0.29, 0.717) is 12.2 Å². The Morgan fingerprint density at radius 1 is 1.30 bits per heavy atom. The van der Waals surface area contributed by atoms with E-state index in [0.717, 1.165) is 15.7 Å². The van der Waals surface area contributed by atoms with Crippen LogP contribution in [-0.2, 0) is 4.79 Å². The summed E-state index contributed by atoms with van der Waals surface area (Å²) in [6, 6.07) is 11.5. The van der Waals surface area contributed by atoms with Crippen molar-refractivity contribution in [2.45, 2.75) is 12.5 Å². The van der Waals surface area contributed by atoms with E-state index < -0.39 is 5.97 Å². The van der Waals surface area contributed by atoms with Gasteiger partial charge >= 0.3 is 5.97 Å². The van der Waals surface area contributed by atoms with Gasteiger partial charge in [-0.2, -0.15) is 0 Å². The van der Waals surface area contributed by atoms with E-state index in [1.165, 1.54) is 0 Å². The SMILES string of the molecule is O=C(O)C1CC1Nc1ccc(-c2cccc(Br)c2)nn1. The molecule has 1 aromatic heterocycles. The summed E-state index contributed by atoms with van der Waals surface area (Å²) in [4.78, 5) is 10.8. The first-order valence-corrected chi connectivity index (χ1v) is 7.02. The fourth-order valence-electron chi connectivity index (χ4n) is 2.03. The third-order valence-electron chi connectivity index (χ3n) is 3.23. The number of carbonyl (C=O) groups is 1. The summed E-state index contributed by atoms with van der Waals surface area (Å²) in [6.45, 7) is 0. The largest absolute Gasteiger partial charge is 0.481 e. The Bertz CT molecular complexity index is 645. The summed E-state index contributed by atoms with van der Waals surface area (Å²) < 4.78 is 0.987. The Morgan fingerprint density at radius 3 is 2.75 bits per heavy atom. The highest BCUT2D eigenvalue weighted by atomic mass is 79.9. The predicted octanol–water partition coefficient (Wildman–Crippen LogP) is 2.79. The summed E-state index contributed by atoms with van der Waals surface area (Å²) in [6.07, 6.45) is 0.643. The van der Waals surface area contributed by atoms with Crippen molar-refractivity contribution in [3.05, 3.63) is 40.9 Å². The zero-order valence-electron chi connectivity index (χ0n) is 10.5. The highest BCUT2D eigenvalue weighted by Crippen LogP contribution is 2.33. The van der Waals surface area contributed by atoms with Gasteiger partial charge in [-0.1, -0.05) is 28.1 Å². The molecule has 2 atom stereocenters. The van der Waals surface area contributed by atoms with Crippen LogP contribution >= 0.6 is 15.9 Å². The number of nitrogens with one attached hydrogen (secondary N) is 1. The molecule has 2 unspecified atom stereocenters. The third kappa shape index (κ3) is 2.80. The van der Waals surface area contributed by atoms with Gasteiger partial charge in [-0.25, -0.2) is 0 Å². The maximum Gasteiger partial charge on any atom is 0.308 e. The molecular formula is C14H12BrN3O2. The normalized spacial score (nSPS) is 20.4. The van der Waals surface area contributed by atoms with Crippen molar-refractivity contribution in [3.63, 3.8) is 0 Å². The number of hydrogen-bond acceptors (Lipinski definition) is 4. The third-order valence-corrected chi connectivity index (χ3v) is 3.72. The molecule has 2 N–H and O–H groups in total. The molecule has 0 aliphatic heterocycles. The number of hydrogen-bond donors (Lipinski definition) is 2. The second-order valence-corrected chi connectivity index (χ2v) is 5.66. The van der Waals surface area contributed by atoms with E-state index in [-0.39, 0.29) is 12.0 Å². The molecule has 1 aliphatic carbocycles. The van der Waals surface area contributed by atoms with Gasteiger partial charge in [0.25, 0.3) is 0 Å². The Balaban J connectivity index is 1.71. The molecule has 2 aromatic rings. The standard InChI is InChI=1S/C14H12BrN3O2/c15-9-3-1-2-8(6-9)11-4-5-13(18-17-11)16-12-7-10(12)14(19)20/h1-6,10,12H,7H2,(H,16,18)(H,19,20). The first-order chi connectivity index (χ1) is 9.63. The smallest absolute Gasteiger partial charge is 0.308 e. The van der Waals surface area contributed by atoms with Crippen LogP contribution in [0.5, 0.6) is 0 Å². The molecule has 0 amide bonds. The van der Waals surface area contributed by atoms with Crippen LogP contribution in [0.15, 0.2) is 40.9 Å². The molecule has 0 bridgehead atoms. The second kappa shape index (κ2) is 5.20. The molecule has 0 spiro atoms. The molecule has 1 aromatic carbocycles. The van der Waals surface area contributed by atoms with Crippen molar-refractivity contribution in [3.8, 4) is 11.3 Å². The van der Waals surface area contributed by atoms with Crippen molar-refractivity contribution in [2.75, 3.05) is 5.32 Å². The predicted molar refractivity (Wildman–Crippen MR) is 78.3 cm³/mol. The van der Waals surface area contributed by atoms with Crippen LogP contribution in [0.1, 0.15) is 6.42 Å². The first-order valence-electron chi connectivity index (χ1n) is 6.22. The van der Waals surface area contributed by atoms with Gasteiger partial charge in [-0.05, 0) is 30.7 Å². The lowest BCUT2D eigenvalue weighted by Gasteiger charge is -2.05. The molecule has 6 heteroatoms. The first kappa shape index (κ1) is 13.1. The van der Waals surface area contributed by atoms with Crippen LogP contribution in [0, 0.1) is 5.92 Å². The minimum absolute atomic E-state index is 0.0291. The number of aromatic nitrogens is 2. The molecular weight excluding hydrogens is 322 g/mol. The van der Waals surface area contributed by atoms with Gasteiger partial charge in [0, 0.05) is 16.1 Å². The monoisotopic (exact) mass is 333 g/mol.